The molecule has 2 saturated heterocycles. The van der Waals surface area contributed by atoms with Crippen molar-refractivity contribution in [2.45, 2.75) is 62.9 Å². The van der Waals surface area contributed by atoms with E-state index in [0.29, 0.717) is 42.0 Å². The average molecular weight is 222 g/mol. The third-order valence-electron chi connectivity index (χ3n) is 4.81. The highest BCUT2D eigenvalue weighted by Gasteiger charge is 2.49. The molecule has 4 fully saturated rings. The minimum atomic E-state index is 0.295. The van der Waals surface area contributed by atoms with Crippen LogP contribution in [0.15, 0.2) is 0 Å². The number of epoxide rings is 2. The zero-order valence-corrected chi connectivity index (χ0v) is 9.43. The van der Waals surface area contributed by atoms with Gasteiger partial charge in [-0.15, -0.1) is 0 Å². The molecule has 16 heavy (non-hydrogen) atoms. The van der Waals surface area contributed by atoms with E-state index >= 15 is 0 Å². The second-order valence-corrected chi connectivity index (χ2v) is 5.85. The van der Waals surface area contributed by atoms with Crippen LogP contribution in [0.1, 0.15) is 38.5 Å². The van der Waals surface area contributed by atoms with Gasteiger partial charge < -0.3 is 9.47 Å². The Kier molecular flexibility index (Phi) is 1.98. The van der Waals surface area contributed by atoms with Gasteiger partial charge >= 0.3 is 0 Å². The molecule has 4 rings (SSSR count). The maximum Gasteiger partial charge on any atom is 0.139 e. The predicted molar refractivity (Wildman–Crippen MR) is 57.0 cm³/mol. The van der Waals surface area contributed by atoms with Gasteiger partial charge in [0, 0.05) is 11.8 Å². The van der Waals surface area contributed by atoms with Gasteiger partial charge in [0.2, 0.25) is 0 Å². The first-order valence-corrected chi connectivity index (χ1v) is 6.66. The molecule has 4 aliphatic rings. The molecule has 2 saturated carbocycles. The van der Waals surface area contributed by atoms with E-state index in [0.717, 1.165) is 38.5 Å². The number of hydrogen-bond acceptors (Lipinski definition) is 3. The molecule has 2 aliphatic heterocycles. The number of ether oxygens (including phenoxy) is 2. The number of fused-ring (bicyclic) bond motifs is 2. The summed E-state index contributed by atoms with van der Waals surface area (Å²) < 4.78 is 11.0. The van der Waals surface area contributed by atoms with Crippen molar-refractivity contribution in [3.63, 3.8) is 0 Å². The molecule has 0 bridgehead atoms. The second kappa shape index (κ2) is 3.30. The van der Waals surface area contributed by atoms with Crippen LogP contribution >= 0.6 is 0 Å². The molecule has 0 aromatic heterocycles. The van der Waals surface area contributed by atoms with Crippen LogP contribution in [0.4, 0.5) is 0 Å². The van der Waals surface area contributed by atoms with Crippen LogP contribution in [0.25, 0.3) is 0 Å². The van der Waals surface area contributed by atoms with Gasteiger partial charge in [0.1, 0.15) is 5.78 Å². The summed E-state index contributed by atoms with van der Waals surface area (Å²) >= 11 is 0. The standard InChI is InChI=1S/C13H18O3/c14-13(7-1-3-9-11(5-7)15-9)8-2-4-10-12(6-8)16-10/h7-12H,1-6H2. The SMILES string of the molecule is O=C(C1CCC2OC2C1)C1CCC2OC2C1. The number of carbonyl (C=O) groups excluding carboxylic acids is 1. The Morgan fingerprint density at radius 2 is 1.25 bits per heavy atom. The molecule has 6 atom stereocenters. The molecule has 0 aromatic rings. The van der Waals surface area contributed by atoms with Crippen molar-refractivity contribution in [1.82, 2.24) is 0 Å². The van der Waals surface area contributed by atoms with Crippen LogP contribution in [-0.2, 0) is 14.3 Å². The first kappa shape index (κ1) is 9.60. The van der Waals surface area contributed by atoms with Gasteiger partial charge in [-0.3, -0.25) is 4.79 Å². The van der Waals surface area contributed by atoms with E-state index in [4.69, 9.17) is 9.47 Å². The fourth-order valence-corrected chi connectivity index (χ4v) is 3.66. The third-order valence-corrected chi connectivity index (χ3v) is 4.81. The molecule has 0 N–H and O–H groups in total. The number of rotatable bonds is 2. The van der Waals surface area contributed by atoms with Crippen LogP contribution in [0.2, 0.25) is 0 Å². The lowest BCUT2D eigenvalue weighted by Gasteiger charge is -2.24. The molecule has 2 heterocycles. The Morgan fingerprint density at radius 1 is 0.750 bits per heavy atom. The molecule has 0 radical (unpaired) electrons. The van der Waals surface area contributed by atoms with Crippen LogP contribution in [0, 0.1) is 11.8 Å². The van der Waals surface area contributed by atoms with E-state index in [-0.39, 0.29) is 0 Å². The molecular formula is C13H18O3. The van der Waals surface area contributed by atoms with Gasteiger partial charge in [0.25, 0.3) is 0 Å². The summed E-state index contributed by atoms with van der Waals surface area (Å²) in [5.74, 6) is 1.11. The summed E-state index contributed by atoms with van der Waals surface area (Å²) in [6.45, 7) is 0. The molecule has 6 unspecified atom stereocenters. The Morgan fingerprint density at radius 3 is 1.69 bits per heavy atom. The minimum Gasteiger partial charge on any atom is -0.370 e. The zero-order valence-electron chi connectivity index (χ0n) is 9.43. The summed E-state index contributed by atoms with van der Waals surface area (Å²) in [7, 11) is 0. The highest BCUT2D eigenvalue weighted by Crippen LogP contribution is 2.44. The van der Waals surface area contributed by atoms with Gasteiger partial charge in [-0.05, 0) is 38.5 Å². The largest absolute Gasteiger partial charge is 0.370 e. The molecule has 0 aromatic carbocycles. The van der Waals surface area contributed by atoms with Crippen molar-refractivity contribution < 1.29 is 14.3 Å². The topological polar surface area (TPSA) is 42.1 Å². The van der Waals surface area contributed by atoms with Crippen molar-refractivity contribution in [2.75, 3.05) is 0 Å². The number of hydrogen-bond donors (Lipinski definition) is 0. The summed E-state index contributed by atoms with van der Waals surface area (Å²) in [6, 6.07) is 0. The fourth-order valence-electron chi connectivity index (χ4n) is 3.66. The van der Waals surface area contributed by atoms with E-state index in [1.807, 2.05) is 0 Å². The highest BCUT2D eigenvalue weighted by atomic mass is 16.6. The van der Waals surface area contributed by atoms with Crippen LogP contribution in [0.3, 0.4) is 0 Å². The van der Waals surface area contributed by atoms with E-state index < -0.39 is 0 Å². The monoisotopic (exact) mass is 222 g/mol. The molecular weight excluding hydrogens is 204 g/mol. The van der Waals surface area contributed by atoms with Gasteiger partial charge in [-0.25, -0.2) is 0 Å². The summed E-state index contributed by atoms with van der Waals surface area (Å²) in [4.78, 5) is 12.4. The number of Topliss-reactive ketones (excluding diaryl/α,β-unsaturated/α-hetero) is 1. The van der Waals surface area contributed by atoms with Gasteiger partial charge in [0.05, 0.1) is 24.4 Å². The molecule has 0 spiro atoms. The first-order valence-electron chi connectivity index (χ1n) is 6.66. The molecule has 2 aliphatic carbocycles. The first-order chi connectivity index (χ1) is 7.81. The van der Waals surface area contributed by atoms with E-state index in [9.17, 15) is 4.79 Å². The van der Waals surface area contributed by atoms with Crippen LogP contribution in [0.5, 0.6) is 0 Å². The van der Waals surface area contributed by atoms with Crippen molar-refractivity contribution in [1.29, 1.82) is 0 Å². The van der Waals surface area contributed by atoms with Crippen LogP contribution < -0.4 is 0 Å². The quantitative estimate of drug-likeness (QED) is 0.668. The lowest BCUT2D eigenvalue weighted by molar-refractivity contribution is -0.128. The normalized spacial score (nSPS) is 53.8. The lowest BCUT2D eigenvalue weighted by atomic mass is 9.76. The fraction of sp³-hybridized carbons (Fsp3) is 0.923. The Labute approximate surface area is 95.5 Å². The Bertz CT molecular complexity index is 297. The van der Waals surface area contributed by atoms with Gasteiger partial charge in [-0.1, -0.05) is 0 Å². The Balaban J connectivity index is 1.40. The van der Waals surface area contributed by atoms with Crippen molar-refractivity contribution >= 4 is 5.78 Å². The minimum absolute atomic E-state index is 0.295. The molecule has 3 heteroatoms. The summed E-state index contributed by atoms with van der Waals surface area (Å²) in [5, 5.41) is 0. The Hall–Kier alpha value is -0.410. The van der Waals surface area contributed by atoms with Crippen molar-refractivity contribution in [3.8, 4) is 0 Å². The number of ketones is 1. The average Bonchev–Trinajstić information content (AvgIpc) is 3.19. The predicted octanol–water partition coefficient (Wildman–Crippen LogP) is 1.69. The van der Waals surface area contributed by atoms with Crippen molar-refractivity contribution in [2.24, 2.45) is 11.8 Å². The van der Waals surface area contributed by atoms with E-state index in [1.54, 1.807) is 0 Å². The van der Waals surface area contributed by atoms with Gasteiger partial charge in [0.15, 0.2) is 0 Å². The summed E-state index contributed by atoms with van der Waals surface area (Å²) in [5.41, 5.74) is 0. The smallest absolute Gasteiger partial charge is 0.139 e. The second-order valence-electron chi connectivity index (χ2n) is 5.85. The van der Waals surface area contributed by atoms with E-state index in [1.165, 1.54) is 0 Å². The maximum atomic E-state index is 12.4. The zero-order chi connectivity index (χ0) is 10.7. The van der Waals surface area contributed by atoms with E-state index in [2.05, 4.69) is 0 Å². The lowest BCUT2D eigenvalue weighted by Crippen LogP contribution is -2.30. The molecule has 0 amide bonds. The summed E-state index contributed by atoms with van der Waals surface area (Å²) in [6.07, 6.45) is 8.19. The maximum absolute atomic E-state index is 12.4. The third kappa shape index (κ3) is 1.52. The van der Waals surface area contributed by atoms with Gasteiger partial charge in [-0.2, -0.15) is 0 Å². The van der Waals surface area contributed by atoms with Crippen molar-refractivity contribution in [3.05, 3.63) is 0 Å². The highest BCUT2D eigenvalue weighted by molar-refractivity contribution is 5.84. The number of carbonyl (C=O) groups is 1. The molecule has 3 nitrogen and oxygen atoms in total. The molecule has 88 valence electrons. The van der Waals surface area contributed by atoms with Crippen LogP contribution in [-0.4, -0.2) is 30.2 Å².